The van der Waals surface area contributed by atoms with Gasteiger partial charge < -0.3 is 9.64 Å². The molecule has 1 aliphatic rings. The Bertz CT molecular complexity index is 1270. The SMILES string of the molecule is CCOC(=O)N1c2cc(C)c(C)cc2N(C(=O)c2cc3sccc3nc2C(F)(F)F)CC1CC. The van der Waals surface area contributed by atoms with Gasteiger partial charge in [-0.2, -0.15) is 13.2 Å². The van der Waals surface area contributed by atoms with Crippen molar-refractivity contribution in [3.8, 4) is 0 Å². The number of carbonyl (C=O) groups excluding carboxylic acids is 2. The van der Waals surface area contributed by atoms with E-state index >= 15 is 0 Å². The summed E-state index contributed by atoms with van der Waals surface area (Å²) in [4.78, 5) is 33.1. The Morgan fingerprint density at radius 2 is 1.82 bits per heavy atom. The number of hydrogen-bond donors (Lipinski definition) is 0. The van der Waals surface area contributed by atoms with Crippen molar-refractivity contribution in [3.05, 3.63) is 52.0 Å². The second kappa shape index (κ2) is 8.90. The Labute approximate surface area is 198 Å². The number of rotatable bonds is 3. The van der Waals surface area contributed by atoms with Gasteiger partial charge in [-0.05, 0) is 68.0 Å². The zero-order chi connectivity index (χ0) is 24.8. The van der Waals surface area contributed by atoms with Crippen LogP contribution in [-0.2, 0) is 10.9 Å². The van der Waals surface area contributed by atoms with E-state index in [1.54, 1.807) is 24.4 Å². The molecule has 0 saturated carbocycles. The van der Waals surface area contributed by atoms with E-state index in [2.05, 4.69) is 4.98 Å². The van der Waals surface area contributed by atoms with Gasteiger partial charge in [0.05, 0.1) is 39.8 Å². The molecule has 0 saturated heterocycles. The Morgan fingerprint density at radius 1 is 1.15 bits per heavy atom. The van der Waals surface area contributed by atoms with Gasteiger partial charge in [0.15, 0.2) is 5.69 Å². The number of anilines is 2. The molecule has 0 fully saturated rings. The molecular weight excluding hydrogens is 467 g/mol. The van der Waals surface area contributed by atoms with Crippen molar-refractivity contribution in [2.75, 3.05) is 23.0 Å². The van der Waals surface area contributed by atoms with Crippen LogP contribution in [0.3, 0.4) is 0 Å². The maximum atomic E-state index is 13.9. The van der Waals surface area contributed by atoms with Gasteiger partial charge in [0.25, 0.3) is 5.91 Å². The Morgan fingerprint density at radius 3 is 2.44 bits per heavy atom. The largest absolute Gasteiger partial charge is 0.449 e. The lowest BCUT2D eigenvalue weighted by atomic mass is 9.99. The van der Waals surface area contributed by atoms with E-state index in [4.69, 9.17) is 4.74 Å². The van der Waals surface area contributed by atoms with Gasteiger partial charge in [-0.15, -0.1) is 11.3 Å². The summed E-state index contributed by atoms with van der Waals surface area (Å²) in [5.74, 6) is -0.804. The van der Waals surface area contributed by atoms with Crippen molar-refractivity contribution in [3.63, 3.8) is 0 Å². The van der Waals surface area contributed by atoms with Crippen LogP contribution < -0.4 is 9.80 Å². The van der Waals surface area contributed by atoms with E-state index in [0.29, 0.717) is 22.5 Å². The number of pyridine rings is 1. The molecule has 180 valence electrons. The zero-order valence-electron chi connectivity index (χ0n) is 19.2. The summed E-state index contributed by atoms with van der Waals surface area (Å²) in [6.45, 7) is 7.48. The molecule has 0 bridgehead atoms. The van der Waals surface area contributed by atoms with Gasteiger partial charge in [-0.1, -0.05) is 6.92 Å². The molecule has 0 radical (unpaired) electrons. The van der Waals surface area contributed by atoms with Gasteiger partial charge in [-0.25, -0.2) is 9.78 Å². The van der Waals surface area contributed by atoms with E-state index in [9.17, 15) is 22.8 Å². The van der Waals surface area contributed by atoms with E-state index < -0.39 is 35.5 Å². The van der Waals surface area contributed by atoms with Crippen LogP contribution in [0.15, 0.2) is 29.6 Å². The van der Waals surface area contributed by atoms with E-state index in [0.717, 1.165) is 11.1 Å². The number of alkyl halides is 3. The summed E-state index contributed by atoms with van der Waals surface area (Å²) < 4.78 is 47.5. The number of carbonyl (C=O) groups is 2. The number of aryl methyl sites for hydroxylation is 2. The molecule has 34 heavy (non-hydrogen) atoms. The summed E-state index contributed by atoms with van der Waals surface area (Å²) in [6.07, 6.45) is -4.88. The number of ether oxygens (including phenoxy) is 1. The maximum absolute atomic E-state index is 13.9. The molecule has 2 amide bonds. The normalized spacial score (nSPS) is 16.0. The Hall–Kier alpha value is -3.14. The fourth-order valence-corrected chi connectivity index (χ4v) is 4.91. The third-order valence-electron chi connectivity index (χ3n) is 6.02. The molecular formula is C24H24F3N3O3S. The van der Waals surface area contributed by atoms with Crippen molar-refractivity contribution < 1.29 is 27.5 Å². The summed E-state index contributed by atoms with van der Waals surface area (Å²) in [5.41, 5.74) is 1.00. The first-order valence-electron chi connectivity index (χ1n) is 10.9. The van der Waals surface area contributed by atoms with Crippen LogP contribution in [0.2, 0.25) is 0 Å². The van der Waals surface area contributed by atoms with E-state index in [1.165, 1.54) is 33.3 Å². The second-order valence-corrected chi connectivity index (χ2v) is 9.11. The second-order valence-electron chi connectivity index (χ2n) is 8.16. The average molecular weight is 492 g/mol. The Kier molecular flexibility index (Phi) is 6.28. The van der Waals surface area contributed by atoms with Crippen LogP contribution in [0.5, 0.6) is 0 Å². The molecule has 3 heterocycles. The number of halogens is 3. The van der Waals surface area contributed by atoms with Gasteiger partial charge in [0.2, 0.25) is 0 Å². The van der Waals surface area contributed by atoms with Crippen molar-refractivity contribution in [1.29, 1.82) is 0 Å². The van der Waals surface area contributed by atoms with Gasteiger partial charge in [0.1, 0.15) is 0 Å². The van der Waals surface area contributed by atoms with Crippen molar-refractivity contribution in [2.45, 2.75) is 46.3 Å². The lowest BCUT2D eigenvalue weighted by Gasteiger charge is -2.42. The predicted octanol–water partition coefficient (Wildman–Crippen LogP) is 6.33. The predicted molar refractivity (Wildman–Crippen MR) is 126 cm³/mol. The minimum Gasteiger partial charge on any atom is -0.449 e. The van der Waals surface area contributed by atoms with Crippen molar-refractivity contribution in [2.24, 2.45) is 0 Å². The number of fused-ring (bicyclic) bond motifs is 2. The number of amides is 2. The highest BCUT2D eigenvalue weighted by atomic mass is 32.1. The highest BCUT2D eigenvalue weighted by Crippen LogP contribution is 2.41. The molecule has 0 aliphatic carbocycles. The summed E-state index contributed by atoms with van der Waals surface area (Å²) >= 11 is 1.22. The first-order valence-corrected chi connectivity index (χ1v) is 11.8. The number of hydrogen-bond acceptors (Lipinski definition) is 5. The molecule has 1 aromatic carbocycles. The van der Waals surface area contributed by atoms with Crippen LogP contribution in [0, 0.1) is 13.8 Å². The lowest BCUT2D eigenvalue weighted by Crippen LogP contribution is -2.53. The number of nitrogens with zero attached hydrogens (tertiary/aromatic N) is 3. The molecule has 1 unspecified atom stereocenters. The van der Waals surface area contributed by atoms with Crippen LogP contribution in [0.4, 0.5) is 29.3 Å². The summed E-state index contributed by atoms with van der Waals surface area (Å²) in [5, 5.41) is 1.64. The van der Waals surface area contributed by atoms with Gasteiger partial charge in [0, 0.05) is 6.54 Å². The third kappa shape index (κ3) is 4.11. The highest BCUT2D eigenvalue weighted by Gasteiger charge is 2.42. The monoisotopic (exact) mass is 491 g/mol. The first kappa shape index (κ1) is 24.0. The number of aromatic nitrogens is 1. The zero-order valence-corrected chi connectivity index (χ0v) is 20.0. The molecule has 0 spiro atoms. The van der Waals surface area contributed by atoms with Crippen molar-refractivity contribution in [1.82, 2.24) is 4.98 Å². The minimum absolute atomic E-state index is 0.0312. The quantitative estimate of drug-likeness (QED) is 0.429. The molecule has 0 N–H and O–H groups in total. The Balaban J connectivity index is 1.90. The fraction of sp³-hybridized carbons (Fsp3) is 0.375. The molecule has 6 nitrogen and oxygen atoms in total. The minimum atomic E-state index is -4.80. The van der Waals surface area contributed by atoms with Crippen LogP contribution >= 0.6 is 11.3 Å². The van der Waals surface area contributed by atoms with Crippen LogP contribution in [-0.4, -0.2) is 36.2 Å². The van der Waals surface area contributed by atoms with Crippen molar-refractivity contribution >= 4 is 44.9 Å². The molecule has 4 rings (SSSR count). The third-order valence-corrected chi connectivity index (χ3v) is 6.87. The standard InChI is InChI=1S/C24H24F3N3O3S/c1-5-15-12-29(18-9-13(3)14(4)10-19(18)30(15)23(32)33-6-2)22(31)16-11-20-17(7-8-34-20)28-21(16)24(25,26)27/h7-11,15H,5-6,12H2,1-4H3. The molecule has 1 atom stereocenters. The first-order chi connectivity index (χ1) is 16.1. The van der Waals surface area contributed by atoms with E-state index in [-0.39, 0.29) is 18.7 Å². The molecule has 10 heteroatoms. The molecule has 1 aliphatic heterocycles. The average Bonchev–Trinajstić information content (AvgIpc) is 3.25. The molecule has 2 aromatic heterocycles. The lowest BCUT2D eigenvalue weighted by molar-refractivity contribution is -0.141. The topological polar surface area (TPSA) is 62.7 Å². The number of thiophene rings is 1. The highest BCUT2D eigenvalue weighted by molar-refractivity contribution is 7.17. The van der Waals surface area contributed by atoms with E-state index in [1.807, 2.05) is 20.8 Å². The summed E-state index contributed by atoms with van der Waals surface area (Å²) in [7, 11) is 0. The van der Waals surface area contributed by atoms with Crippen LogP contribution in [0.25, 0.3) is 10.2 Å². The van der Waals surface area contributed by atoms with Gasteiger partial charge >= 0.3 is 12.3 Å². The fourth-order valence-electron chi connectivity index (χ4n) is 4.15. The summed E-state index contributed by atoms with van der Waals surface area (Å²) in [6, 6.07) is 5.79. The number of benzene rings is 1. The van der Waals surface area contributed by atoms with Gasteiger partial charge in [-0.3, -0.25) is 9.69 Å². The molecule has 3 aromatic rings. The smallest absolute Gasteiger partial charge is 0.434 e. The van der Waals surface area contributed by atoms with Crippen LogP contribution in [0.1, 0.15) is 47.4 Å². The maximum Gasteiger partial charge on any atom is 0.434 e.